The zero-order chi connectivity index (χ0) is 19.5. The second-order valence-electron chi connectivity index (χ2n) is 7.13. The lowest BCUT2D eigenvalue weighted by molar-refractivity contribution is -0.132. The molecule has 0 N–H and O–H groups in total. The maximum atomic E-state index is 12.6. The number of aryl methyl sites for hydroxylation is 2. The van der Waals surface area contributed by atoms with Crippen LogP contribution in [0, 0.1) is 0 Å². The summed E-state index contributed by atoms with van der Waals surface area (Å²) in [4.78, 5) is 18.9. The third-order valence-electron chi connectivity index (χ3n) is 5.31. The van der Waals surface area contributed by atoms with Gasteiger partial charge < -0.3 is 9.42 Å². The molecule has 3 aromatic rings. The Hall–Kier alpha value is -2.66. The lowest BCUT2D eigenvalue weighted by Gasteiger charge is -2.25. The molecular formula is C22H22ClN3O2. The highest BCUT2D eigenvalue weighted by molar-refractivity contribution is 6.30. The van der Waals surface area contributed by atoms with Crippen molar-refractivity contribution in [3.8, 4) is 11.4 Å². The van der Waals surface area contributed by atoms with E-state index in [0.717, 1.165) is 18.4 Å². The minimum Gasteiger partial charge on any atom is -0.339 e. The van der Waals surface area contributed by atoms with E-state index in [0.29, 0.717) is 36.0 Å². The van der Waals surface area contributed by atoms with Crippen LogP contribution in [0.1, 0.15) is 42.3 Å². The molecule has 0 saturated heterocycles. The van der Waals surface area contributed by atoms with Gasteiger partial charge in [-0.05, 0) is 54.7 Å². The topological polar surface area (TPSA) is 59.2 Å². The number of carbonyl (C=O) groups excluding carboxylic acids is 1. The fraction of sp³-hybridized carbons (Fsp3) is 0.318. The van der Waals surface area contributed by atoms with Crippen molar-refractivity contribution >= 4 is 17.5 Å². The van der Waals surface area contributed by atoms with E-state index < -0.39 is 0 Å². The molecule has 4 rings (SSSR count). The number of carbonyl (C=O) groups is 1. The van der Waals surface area contributed by atoms with Gasteiger partial charge in [-0.2, -0.15) is 4.98 Å². The molecule has 1 aliphatic rings. The first-order valence-electron chi connectivity index (χ1n) is 9.54. The molecule has 1 heterocycles. The normalized spacial score (nSPS) is 15.4. The van der Waals surface area contributed by atoms with Crippen LogP contribution in [0.3, 0.4) is 0 Å². The van der Waals surface area contributed by atoms with Crippen molar-refractivity contribution in [1.82, 2.24) is 15.0 Å². The standard InChI is InChI=1S/C22H22ClN3O2/c1-26(19-14-11-15-5-2-3-6-18(15)19)21(27)8-4-7-20-24-22(25-28-20)16-9-12-17(23)13-10-16/h2-3,5-6,9-10,12-13,19H,4,7-8,11,14H2,1H3. The molecule has 1 aromatic heterocycles. The predicted molar refractivity (Wildman–Crippen MR) is 108 cm³/mol. The first-order valence-corrected chi connectivity index (χ1v) is 9.91. The second-order valence-corrected chi connectivity index (χ2v) is 7.57. The highest BCUT2D eigenvalue weighted by atomic mass is 35.5. The molecule has 0 saturated carbocycles. The molecule has 2 aromatic carbocycles. The SMILES string of the molecule is CN(C(=O)CCCc1nc(-c2ccc(Cl)cc2)no1)C1CCc2ccccc21. The van der Waals surface area contributed by atoms with E-state index in [4.69, 9.17) is 16.1 Å². The lowest BCUT2D eigenvalue weighted by Crippen LogP contribution is -2.29. The van der Waals surface area contributed by atoms with E-state index in [1.807, 2.05) is 30.1 Å². The largest absolute Gasteiger partial charge is 0.339 e. The van der Waals surface area contributed by atoms with Gasteiger partial charge in [0.15, 0.2) is 0 Å². The summed E-state index contributed by atoms with van der Waals surface area (Å²) in [7, 11) is 1.90. The Morgan fingerprint density at radius 3 is 2.82 bits per heavy atom. The first-order chi connectivity index (χ1) is 13.6. The summed E-state index contributed by atoms with van der Waals surface area (Å²) in [5.74, 6) is 1.24. The van der Waals surface area contributed by atoms with Crippen LogP contribution in [-0.2, 0) is 17.6 Å². The predicted octanol–water partition coefficient (Wildman–Crippen LogP) is 4.86. The number of halogens is 1. The van der Waals surface area contributed by atoms with Crippen LogP contribution in [0.15, 0.2) is 53.1 Å². The monoisotopic (exact) mass is 395 g/mol. The number of aromatic nitrogens is 2. The number of fused-ring (bicyclic) bond motifs is 1. The molecular weight excluding hydrogens is 374 g/mol. The Morgan fingerprint density at radius 1 is 1.21 bits per heavy atom. The Labute approximate surface area is 169 Å². The number of nitrogens with zero attached hydrogens (tertiary/aromatic N) is 3. The van der Waals surface area contributed by atoms with Gasteiger partial charge in [0.1, 0.15) is 0 Å². The summed E-state index contributed by atoms with van der Waals surface area (Å²) in [6.45, 7) is 0. The molecule has 0 aliphatic heterocycles. The average molecular weight is 396 g/mol. The van der Waals surface area contributed by atoms with Gasteiger partial charge in [0.05, 0.1) is 6.04 Å². The molecule has 6 heteroatoms. The van der Waals surface area contributed by atoms with Gasteiger partial charge in [-0.15, -0.1) is 0 Å². The first kappa shape index (κ1) is 18.7. The van der Waals surface area contributed by atoms with Gasteiger partial charge in [0.25, 0.3) is 0 Å². The quantitative estimate of drug-likeness (QED) is 0.598. The van der Waals surface area contributed by atoms with Crippen LogP contribution in [0.5, 0.6) is 0 Å². The summed E-state index contributed by atoms with van der Waals surface area (Å²) < 4.78 is 5.32. The van der Waals surface area contributed by atoms with Crippen molar-refractivity contribution in [2.45, 2.75) is 38.1 Å². The molecule has 5 nitrogen and oxygen atoms in total. The van der Waals surface area contributed by atoms with E-state index in [9.17, 15) is 4.79 Å². The molecule has 28 heavy (non-hydrogen) atoms. The Kier molecular flexibility index (Phi) is 5.44. The van der Waals surface area contributed by atoms with Crippen molar-refractivity contribution < 1.29 is 9.32 Å². The summed E-state index contributed by atoms with van der Waals surface area (Å²) in [6, 6.07) is 15.9. The number of benzene rings is 2. The minimum absolute atomic E-state index is 0.152. The second kappa shape index (κ2) is 8.15. The number of amides is 1. The number of hydrogen-bond acceptors (Lipinski definition) is 4. The number of rotatable bonds is 6. The van der Waals surface area contributed by atoms with E-state index in [-0.39, 0.29) is 11.9 Å². The zero-order valence-electron chi connectivity index (χ0n) is 15.8. The van der Waals surface area contributed by atoms with Crippen molar-refractivity contribution in [2.24, 2.45) is 0 Å². The maximum Gasteiger partial charge on any atom is 0.226 e. The highest BCUT2D eigenvalue weighted by Crippen LogP contribution is 2.35. The zero-order valence-corrected chi connectivity index (χ0v) is 16.5. The molecule has 0 spiro atoms. The summed E-state index contributed by atoms with van der Waals surface area (Å²) in [5.41, 5.74) is 3.49. The summed E-state index contributed by atoms with van der Waals surface area (Å²) in [6.07, 6.45) is 3.76. The van der Waals surface area contributed by atoms with Crippen LogP contribution in [-0.4, -0.2) is 28.0 Å². The van der Waals surface area contributed by atoms with Gasteiger partial charge in [-0.3, -0.25) is 4.79 Å². The Morgan fingerprint density at radius 2 is 2.00 bits per heavy atom. The Bertz CT molecular complexity index is 968. The maximum absolute atomic E-state index is 12.6. The Balaban J connectivity index is 1.31. The smallest absolute Gasteiger partial charge is 0.226 e. The fourth-order valence-electron chi connectivity index (χ4n) is 3.75. The molecule has 0 fully saturated rings. The molecule has 144 valence electrons. The van der Waals surface area contributed by atoms with Crippen LogP contribution in [0.25, 0.3) is 11.4 Å². The van der Waals surface area contributed by atoms with E-state index >= 15 is 0 Å². The third-order valence-corrected chi connectivity index (χ3v) is 5.57. The van der Waals surface area contributed by atoms with Crippen LogP contribution >= 0.6 is 11.6 Å². The van der Waals surface area contributed by atoms with Crippen LogP contribution in [0.4, 0.5) is 0 Å². The average Bonchev–Trinajstić information content (AvgIpc) is 3.35. The molecule has 1 atom stereocenters. The fourth-order valence-corrected chi connectivity index (χ4v) is 3.88. The molecule has 0 bridgehead atoms. The van der Waals surface area contributed by atoms with E-state index in [2.05, 4.69) is 28.3 Å². The van der Waals surface area contributed by atoms with E-state index in [1.165, 1.54) is 11.1 Å². The van der Waals surface area contributed by atoms with Crippen LogP contribution in [0.2, 0.25) is 5.02 Å². The molecule has 0 radical (unpaired) electrons. The van der Waals surface area contributed by atoms with Crippen LogP contribution < -0.4 is 0 Å². The highest BCUT2D eigenvalue weighted by Gasteiger charge is 2.27. The van der Waals surface area contributed by atoms with Crippen molar-refractivity contribution in [3.05, 3.63) is 70.6 Å². The molecule has 1 amide bonds. The van der Waals surface area contributed by atoms with Gasteiger partial charge in [0, 0.05) is 30.5 Å². The van der Waals surface area contributed by atoms with Crippen molar-refractivity contribution in [3.63, 3.8) is 0 Å². The van der Waals surface area contributed by atoms with Gasteiger partial charge >= 0.3 is 0 Å². The lowest BCUT2D eigenvalue weighted by atomic mass is 10.1. The summed E-state index contributed by atoms with van der Waals surface area (Å²) in [5, 5.41) is 4.68. The third kappa shape index (κ3) is 3.94. The van der Waals surface area contributed by atoms with Gasteiger partial charge in [-0.25, -0.2) is 0 Å². The minimum atomic E-state index is 0.152. The molecule has 1 unspecified atom stereocenters. The molecule has 1 aliphatic carbocycles. The van der Waals surface area contributed by atoms with Crippen molar-refractivity contribution in [2.75, 3.05) is 7.05 Å². The van der Waals surface area contributed by atoms with Gasteiger partial charge in [-0.1, -0.05) is 41.0 Å². The van der Waals surface area contributed by atoms with Crippen molar-refractivity contribution in [1.29, 1.82) is 0 Å². The van der Waals surface area contributed by atoms with Gasteiger partial charge in [0.2, 0.25) is 17.6 Å². The number of hydrogen-bond donors (Lipinski definition) is 0. The van der Waals surface area contributed by atoms with E-state index in [1.54, 1.807) is 12.1 Å². The summed E-state index contributed by atoms with van der Waals surface area (Å²) >= 11 is 5.90.